The molecule has 0 aliphatic rings. The number of anilines is 3. The largest absolute Gasteiger partial charge is 0.376 e. The molecule has 2 amide bonds. The fourth-order valence-electron chi connectivity index (χ4n) is 2.07. The van der Waals surface area contributed by atoms with Gasteiger partial charge in [0.1, 0.15) is 0 Å². The first-order chi connectivity index (χ1) is 11.1. The van der Waals surface area contributed by atoms with Gasteiger partial charge in [0, 0.05) is 23.5 Å². The highest BCUT2D eigenvalue weighted by atomic mass is 16.2. The number of carbonyl (C=O) groups is 2. The van der Waals surface area contributed by atoms with Crippen LogP contribution in [0, 0.1) is 6.92 Å². The first-order valence-corrected chi connectivity index (χ1v) is 7.57. The van der Waals surface area contributed by atoms with Gasteiger partial charge in [-0.1, -0.05) is 25.1 Å². The van der Waals surface area contributed by atoms with Gasteiger partial charge in [-0.2, -0.15) is 0 Å². The second-order valence-corrected chi connectivity index (χ2v) is 5.25. The maximum atomic E-state index is 12.0. The van der Waals surface area contributed by atoms with E-state index in [4.69, 9.17) is 0 Å². The van der Waals surface area contributed by atoms with Crippen LogP contribution in [0.3, 0.4) is 0 Å². The standard InChI is InChI=1S/C18H21N3O2/c1-3-17(22)20-16-9-5-7-14(11-16)19-12-18(23)21-15-8-4-6-13(2)10-15/h4-11,19H,3,12H2,1-2H3,(H,20,22)(H,21,23). The molecule has 0 saturated carbocycles. The van der Waals surface area contributed by atoms with Crippen LogP contribution >= 0.6 is 0 Å². The number of carbonyl (C=O) groups excluding carboxylic acids is 2. The molecule has 0 bridgehead atoms. The summed E-state index contributed by atoms with van der Waals surface area (Å²) in [7, 11) is 0. The summed E-state index contributed by atoms with van der Waals surface area (Å²) < 4.78 is 0. The van der Waals surface area contributed by atoms with Crippen LogP contribution in [0.25, 0.3) is 0 Å². The Kier molecular flexibility index (Phi) is 5.74. The highest BCUT2D eigenvalue weighted by Gasteiger charge is 2.04. The van der Waals surface area contributed by atoms with Gasteiger partial charge in [-0.3, -0.25) is 9.59 Å². The van der Waals surface area contributed by atoms with Gasteiger partial charge in [0.2, 0.25) is 11.8 Å². The highest BCUT2D eigenvalue weighted by Crippen LogP contribution is 2.15. The molecule has 0 fully saturated rings. The molecular formula is C18H21N3O2. The molecule has 0 unspecified atom stereocenters. The lowest BCUT2D eigenvalue weighted by Gasteiger charge is -2.10. The zero-order valence-corrected chi connectivity index (χ0v) is 13.3. The predicted molar refractivity (Wildman–Crippen MR) is 93.7 cm³/mol. The topological polar surface area (TPSA) is 70.2 Å². The van der Waals surface area contributed by atoms with E-state index in [1.54, 1.807) is 13.0 Å². The summed E-state index contributed by atoms with van der Waals surface area (Å²) in [6.45, 7) is 3.93. The van der Waals surface area contributed by atoms with Gasteiger partial charge < -0.3 is 16.0 Å². The summed E-state index contributed by atoms with van der Waals surface area (Å²) in [5.74, 6) is -0.169. The average molecular weight is 311 g/mol. The van der Waals surface area contributed by atoms with E-state index in [2.05, 4.69) is 16.0 Å². The van der Waals surface area contributed by atoms with Crippen LogP contribution in [-0.2, 0) is 9.59 Å². The van der Waals surface area contributed by atoms with E-state index in [0.29, 0.717) is 12.1 Å². The molecule has 0 aromatic heterocycles. The van der Waals surface area contributed by atoms with Gasteiger partial charge in [0.25, 0.3) is 0 Å². The van der Waals surface area contributed by atoms with Crippen molar-refractivity contribution < 1.29 is 9.59 Å². The molecule has 5 heteroatoms. The summed E-state index contributed by atoms with van der Waals surface area (Å²) in [4.78, 5) is 23.4. The summed E-state index contributed by atoms with van der Waals surface area (Å²) in [6.07, 6.45) is 0.427. The van der Waals surface area contributed by atoms with Crippen molar-refractivity contribution in [3.8, 4) is 0 Å². The Hall–Kier alpha value is -2.82. The van der Waals surface area contributed by atoms with Crippen LogP contribution in [0.1, 0.15) is 18.9 Å². The number of rotatable bonds is 6. The van der Waals surface area contributed by atoms with Crippen LogP contribution in [0.5, 0.6) is 0 Å². The summed E-state index contributed by atoms with van der Waals surface area (Å²) in [5.41, 5.74) is 3.36. The molecule has 120 valence electrons. The Bertz CT molecular complexity index is 698. The molecule has 2 rings (SSSR count). The predicted octanol–water partition coefficient (Wildman–Crippen LogP) is 3.39. The lowest BCUT2D eigenvalue weighted by atomic mass is 10.2. The van der Waals surface area contributed by atoms with E-state index in [0.717, 1.165) is 16.9 Å². The van der Waals surface area contributed by atoms with Gasteiger partial charge in [-0.25, -0.2) is 0 Å². The van der Waals surface area contributed by atoms with Gasteiger partial charge in [-0.15, -0.1) is 0 Å². The molecule has 0 heterocycles. The number of aryl methyl sites for hydroxylation is 1. The molecule has 0 aliphatic heterocycles. The number of hydrogen-bond acceptors (Lipinski definition) is 3. The van der Waals surface area contributed by atoms with E-state index in [9.17, 15) is 9.59 Å². The molecular weight excluding hydrogens is 290 g/mol. The molecule has 5 nitrogen and oxygen atoms in total. The molecule has 0 aliphatic carbocycles. The van der Waals surface area contributed by atoms with E-state index in [-0.39, 0.29) is 18.4 Å². The number of amides is 2. The molecule has 0 saturated heterocycles. The summed E-state index contributed by atoms with van der Waals surface area (Å²) in [5, 5.41) is 8.67. The molecule has 23 heavy (non-hydrogen) atoms. The Morgan fingerprint density at radius 1 is 0.870 bits per heavy atom. The van der Waals surface area contributed by atoms with Gasteiger partial charge in [0.05, 0.1) is 6.54 Å². The minimum Gasteiger partial charge on any atom is -0.376 e. The quantitative estimate of drug-likeness (QED) is 0.766. The minimum absolute atomic E-state index is 0.0423. The maximum absolute atomic E-state index is 12.0. The first-order valence-electron chi connectivity index (χ1n) is 7.57. The third-order valence-electron chi connectivity index (χ3n) is 3.22. The van der Waals surface area contributed by atoms with E-state index >= 15 is 0 Å². The number of nitrogens with one attached hydrogen (secondary N) is 3. The smallest absolute Gasteiger partial charge is 0.243 e. The van der Waals surface area contributed by atoms with Crippen molar-refractivity contribution >= 4 is 28.9 Å². The monoisotopic (exact) mass is 311 g/mol. The van der Waals surface area contributed by atoms with E-state index < -0.39 is 0 Å². The SMILES string of the molecule is CCC(=O)Nc1cccc(NCC(=O)Nc2cccc(C)c2)c1. The highest BCUT2D eigenvalue weighted by molar-refractivity contribution is 5.94. The summed E-state index contributed by atoms with van der Waals surface area (Å²) in [6, 6.07) is 14.9. The van der Waals surface area contributed by atoms with Crippen LogP contribution in [0.2, 0.25) is 0 Å². The van der Waals surface area contributed by atoms with E-state index in [1.165, 1.54) is 0 Å². The third kappa shape index (κ3) is 5.47. The zero-order chi connectivity index (χ0) is 16.7. The van der Waals surface area contributed by atoms with Crippen molar-refractivity contribution in [2.24, 2.45) is 0 Å². The molecule has 0 radical (unpaired) electrons. The Morgan fingerprint density at radius 3 is 2.17 bits per heavy atom. The normalized spacial score (nSPS) is 10.0. The Balaban J connectivity index is 1.89. The first kappa shape index (κ1) is 16.5. The van der Waals surface area contributed by atoms with Crippen molar-refractivity contribution in [3.05, 3.63) is 54.1 Å². The van der Waals surface area contributed by atoms with E-state index in [1.807, 2.05) is 49.4 Å². The maximum Gasteiger partial charge on any atom is 0.243 e. The fraction of sp³-hybridized carbons (Fsp3) is 0.222. The van der Waals surface area contributed by atoms with Crippen molar-refractivity contribution in [3.63, 3.8) is 0 Å². The Labute approximate surface area is 136 Å². The van der Waals surface area contributed by atoms with Crippen molar-refractivity contribution in [1.82, 2.24) is 0 Å². The lowest BCUT2D eigenvalue weighted by Crippen LogP contribution is -2.21. The zero-order valence-electron chi connectivity index (χ0n) is 13.3. The lowest BCUT2D eigenvalue weighted by molar-refractivity contribution is -0.116. The van der Waals surface area contributed by atoms with Crippen LogP contribution in [0.4, 0.5) is 17.1 Å². The van der Waals surface area contributed by atoms with Crippen molar-refractivity contribution in [2.75, 3.05) is 22.5 Å². The Morgan fingerprint density at radius 2 is 1.48 bits per heavy atom. The second-order valence-electron chi connectivity index (χ2n) is 5.25. The number of benzene rings is 2. The van der Waals surface area contributed by atoms with Crippen LogP contribution < -0.4 is 16.0 Å². The molecule has 0 atom stereocenters. The molecule has 3 N–H and O–H groups in total. The van der Waals surface area contributed by atoms with Crippen molar-refractivity contribution in [1.29, 1.82) is 0 Å². The third-order valence-corrected chi connectivity index (χ3v) is 3.22. The van der Waals surface area contributed by atoms with Crippen molar-refractivity contribution in [2.45, 2.75) is 20.3 Å². The molecule has 2 aromatic rings. The second kappa shape index (κ2) is 7.98. The molecule has 2 aromatic carbocycles. The number of hydrogen-bond donors (Lipinski definition) is 3. The van der Waals surface area contributed by atoms with Gasteiger partial charge in [0.15, 0.2) is 0 Å². The van der Waals surface area contributed by atoms with Crippen LogP contribution in [-0.4, -0.2) is 18.4 Å². The van der Waals surface area contributed by atoms with Gasteiger partial charge in [-0.05, 0) is 42.8 Å². The molecule has 0 spiro atoms. The van der Waals surface area contributed by atoms with Gasteiger partial charge >= 0.3 is 0 Å². The summed E-state index contributed by atoms with van der Waals surface area (Å²) >= 11 is 0. The van der Waals surface area contributed by atoms with Crippen LogP contribution in [0.15, 0.2) is 48.5 Å². The minimum atomic E-state index is -0.126. The average Bonchev–Trinajstić information content (AvgIpc) is 2.53. The fourth-order valence-corrected chi connectivity index (χ4v) is 2.07.